The second-order valence-electron chi connectivity index (χ2n) is 5.64. The minimum absolute atomic E-state index is 0.00143. The number of hydrogen-bond acceptors (Lipinski definition) is 5. The Kier molecular flexibility index (Phi) is 4.13. The van der Waals surface area contributed by atoms with Gasteiger partial charge in [-0.2, -0.15) is 0 Å². The Balaban J connectivity index is 2.28. The first-order chi connectivity index (χ1) is 9.82. The molecule has 0 aliphatic carbocycles. The van der Waals surface area contributed by atoms with E-state index in [-0.39, 0.29) is 16.9 Å². The molecule has 1 atom stereocenters. The van der Waals surface area contributed by atoms with E-state index in [9.17, 15) is 20.0 Å². The van der Waals surface area contributed by atoms with Gasteiger partial charge < -0.3 is 15.7 Å². The maximum Gasteiger partial charge on any atom is 0.304 e. The highest BCUT2D eigenvalue weighted by Gasteiger charge is 2.31. The van der Waals surface area contributed by atoms with Crippen LogP contribution < -0.4 is 5.73 Å². The topological polar surface area (TPSA) is 110 Å². The van der Waals surface area contributed by atoms with Crippen molar-refractivity contribution in [2.75, 3.05) is 18.8 Å². The number of aliphatic hydroxyl groups is 1. The van der Waals surface area contributed by atoms with Crippen molar-refractivity contribution < 1.29 is 14.8 Å². The number of rotatable bonds is 2. The van der Waals surface area contributed by atoms with Gasteiger partial charge in [0.05, 0.1) is 10.5 Å². The minimum atomic E-state index is -0.795. The Labute approximate surface area is 122 Å². The van der Waals surface area contributed by atoms with Crippen LogP contribution in [0.25, 0.3) is 0 Å². The number of likely N-dealkylation sites (tertiary alicyclic amines) is 1. The van der Waals surface area contributed by atoms with Gasteiger partial charge in [-0.15, -0.1) is 0 Å². The van der Waals surface area contributed by atoms with Crippen LogP contribution in [0.1, 0.15) is 36.5 Å². The van der Waals surface area contributed by atoms with Gasteiger partial charge in [-0.1, -0.05) is 6.07 Å². The largest absolute Gasteiger partial charge is 0.393 e. The molecule has 0 bridgehead atoms. The summed E-state index contributed by atoms with van der Waals surface area (Å²) in [4.78, 5) is 24.6. The lowest BCUT2D eigenvalue weighted by molar-refractivity contribution is -0.384. The first-order valence-corrected chi connectivity index (χ1v) is 6.86. The van der Waals surface area contributed by atoms with Crippen LogP contribution >= 0.6 is 0 Å². The third kappa shape index (κ3) is 3.30. The number of nitro benzene ring substituents is 1. The SMILES string of the molecule is CC1(O)CCCN(C(=O)c2cccc(N)c2[N+](=O)[O-])CC1. The van der Waals surface area contributed by atoms with Crippen molar-refractivity contribution in [1.29, 1.82) is 0 Å². The number of nitro groups is 1. The van der Waals surface area contributed by atoms with Gasteiger partial charge in [0.25, 0.3) is 5.91 Å². The number of para-hydroxylation sites is 1. The van der Waals surface area contributed by atoms with Gasteiger partial charge in [0, 0.05) is 13.1 Å². The molecular formula is C14H19N3O4. The second kappa shape index (κ2) is 5.69. The highest BCUT2D eigenvalue weighted by molar-refractivity contribution is 6.00. The smallest absolute Gasteiger partial charge is 0.304 e. The molecule has 1 heterocycles. The van der Waals surface area contributed by atoms with Crippen LogP contribution in [0.5, 0.6) is 0 Å². The molecule has 21 heavy (non-hydrogen) atoms. The van der Waals surface area contributed by atoms with Crippen molar-refractivity contribution in [1.82, 2.24) is 4.90 Å². The maximum absolute atomic E-state index is 12.5. The van der Waals surface area contributed by atoms with Crippen LogP contribution in [-0.4, -0.2) is 39.5 Å². The van der Waals surface area contributed by atoms with Gasteiger partial charge in [0.15, 0.2) is 0 Å². The Bertz CT molecular complexity index is 571. The van der Waals surface area contributed by atoms with Gasteiger partial charge in [-0.05, 0) is 38.3 Å². The van der Waals surface area contributed by atoms with E-state index in [0.29, 0.717) is 32.4 Å². The van der Waals surface area contributed by atoms with Crippen molar-refractivity contribution in [3.05, 3.63) is 33.9 Å². The first-order valence-electron chi connectivity index (χ1n) is 6.86. The fourth-order valence-corrected chi connectivity index (χ4v) is 2.57. The summed E-state index contributed by atoms with van der Waals surface area (Å²) in [6.07, 6.45) is 1.72. The van der Waals surface area contributed by atoms with Crippen LogP contribution in [0.2, 0.25) is 0 Å². The molecule has 1 saturated heterocycles. The summed E-state index contributed by atoms with van der Waals surface area (Å²) >= 11 is 0. The summed E-state index contributed by atoms with van der Waals surface area (Å²) < 4.78 is 0. The van der Waals surface area contributed by atoms with Crippen molar-refractivity contribution in [2.45, 2.75) is 31.8 Å². The van der Waals surface area contributed by atoms with Gasteiger partial charge in [-0.25, -0.2) is 0 Å². The zero-order chi connectivity index (χ0) is 15.6. The zero-order valence-electron chi connectivity index (χ0n) is 11.9. The van der Waals surface area contributed by atoms with E-state index in [2.05, 4.69) is 0 Å². The number of benzene rings is 1. The second-order valence-corrected chi connectivity index (χ2v) is 5.64. The predicted octanol–water partition coefficient (Wildman–Crippen LogP) is 1.55. The lowest BCUT2D eigenvalue weighted by Crippen LogP contribution is -2.34. The summed E-state index contributed by atoms with van der Waals surface area (Å²) in [5, 5.41) is 21.2. The van der Waals surface area contributed by atoms with E-state index in [4.69, 9.17) is 5.73 Å². The van der Waals surface area contributed by atoms with Gasteiger partial charge in [0.1, 0.15) is 11.3 Å². The molecule has 0 spiro atoms. The molecule has 3 N–H and O–H groups in total. The third-order valence-electron chi connectivity index (χ3n) is 3.83. The van der Waals surface area contributed by atoms with Gasteiger partial charge >= 0.3 is 5.69 Å². The van der Waals surface area contributed by atoms with Crippen LogP contribution in [0.15, 0.2) is 18.2 Å². The van der Waals surface area contributed by atoms with Gasteiger partial charge in [0.2, 0.25) is 0 Å². The molecule has 7 nitrogen and oxygen atoms in total. The van der Waals surface area contributed by atoms with Crippen molar-refractivity contribution in [2.24, 2.45) is 0 Å². The van der Waals surface area contributed by atoms with E-state index in [1.54, 1.807) is 11.8 Å². The van der Waals surface area contributed by atoms with E-state index in [1.807, 2.05) is 0 Å². The molecule has 1 unspecified atom stereocenters. The summed E-state index contributed by atoms with van der Waals surface area (Å²) in [6, 6.07) is 4.35. The molecule has 0 aromatic heterocycles. The molecule has 114 valence electrons. The first kappa shape index (κ1) is 15.2. The van der Waals surface area contributed by atoms with Crippen molar-refractivity contribution >= 4 is 17.3 Å². The maximum atomic E-state index is 12.5. The lowest BCUT2D eigenvalue weighted by Gasteiger charge is -2.22. The van der Waals surface area contributed by atoms with E-state index in [1.165, 1.54) is 18.2 Å². The van der Waals surface area contributed by atoms with Crippen molar-refractivity contribution in [3.8, 4) is 0 Å². The lowest BCUT2D eigenvalue weighted by atomic mass is 9.98. The van der Waals surface area contributed by atoms with Crippen LogP contribution in [0.3, 0.4) is 0 Å². The summed E-state index contributed by atoms with van der Waals surface area (Å²) in [5.74, 6) is -0.410. The van der Waals surface area contributed by atoms with Crippen LogP contribution in [0, 0.1) is 10.1 Å². The molecule has 0 radical (unpaired) electrons. The average molecular weight is 293 g/mol. The standard InChI is InChI=1S/C14H19N3O4/c1-14(19)6-3-8-16(9-7-14)13(18)10-4-2-5-11(15)12(10)17(20)21/h2,4-5,19H,3,6-9,15H2,1H3. The normalized spacial score (nSPS) is 22.7. The molecule has 1 aliphatic rings. The number of carbonyl (C=O) groups is 1. The quantitative estimate of drug-likeness (QED) is 0.488. The molecule has 1 amide bonds. The van der Waals surface area contributed by atoms with E-state index in [0.717, 1.165) is 0 Å². The molecule has 0 saturated carbocycles. The molecule has 1 aliphatic heterocycles. The minimum Gasteiger partial charge on any atom is -0.393 e. The Morgan fingerprint density at radius 1 is 1.43 bits per heavy atom. The van der Waals surface area contributed by atoms with Gasteiger partial charge in [-0.3, -0.25) is 14.9 Å². The number of hydrogen-bond donors (Lipinski definition) is 2. The molecule has 1 aromatic rings. The van der Waals surface area contributed by atoms with Crippen LogP contribution in [-0.2, 0) is 0 Å². The number of anilines is 1. The summed E-state index contributed by atoms with van der Waals surface area (Å²) in [7, 11) is 0. The van der Waals surface area contributed by atoms with E-state index >= 15 is 0 Å². The summed E-state index contributed by atoms with van der Waals surface area (Å²) in [5.41, 5.74) is 4.45. The number of nitrogens with zero attached hydrogens (tertiary/aromatic N) is 2. The monoisotopic (exact) mass is 293 g/mol. The molecule has 1 aromatic carbocycles. The highest BCUT2D eigenvalue weighted by atomic mass is 16.6. The predicted molar refractivity (Wildman–Crippen MR) is 77.9 cm³/mol. The fourth-order valence-electron chi connectivity index (χ4n) is 2.57. The molecule has 7 heteroatoms. The number of amides is 1. The number of nitrogen functional groups attached to an aromatic ring is 1. The molecule has 1 fully saturated rings. The third-order valence-corrected chi connectivity index (χ3v) is 3.83. The molecular weight excluding hydrogens is 274 g/mol. The molecule has 2 rings (SSSR count). The number of nitrogens with two attached hydrogens (primary N) is 1. The Morgan fingerprint density at radius 3 is 2.81 bits per heavy atom. The average Bonchev–Trinajstić information content (AvgIpc) is 2.58. The Hall–Kier alpha value is -2.15. The van der Waals surface area contributed by atoms with E-state index < -0.39 is 16.4 Å². The zero-order valence-corrected chi connectivity index (χ0v) is 11.9. The number of carbonyl (C=O) groups excluding carboxylic acids is 1. The Morgan fingerprint density at radius 2 is 2.14 bits per heavy atom. The fraction of sp³-hybridized carbons (Fsp3) is 0.500. The van der Waals surface area contributed by atoms with Crippen LogP contribution in [0.4, 0.5) is 11.4 Å². The summed E-state index contributed by atoms with van der Waals surface area (Å²) in [6.45, 7) is 2.59. The highest BCUT2D eigenvalue weighted by Crippen LogP contribution is 2.28. The van der Waals surface area contributed by atoms with Crippen molar-refractivity contribution in [3.63, 3.8) is 0 Å².